The minimum atomic E-state index is 0.0332. The maximum Gasteiger partial charge on any atom is 0.158 e. The number of nitrogens with zero attached hydrogens (tertiary/aromatic N) is 3. The van der Waals surface area contributed by atoms with Crippen molar-refractivity contribution in [1.82, 2.24) is 15.2 Å². The maximum absolute atomic E-state index is 5.78. The van der Waals surface area contributed by atoms with E-state index in [1.165, 1.54) is 6.42 Å². The molecule has 0 atom stereocenters. The number of hydrogen-bond acceptors (Lipinski definition) is 4. The summed E-state index contributed by atoms with van der Waals surface area (Å²) in [6.07, 6.45) is 3.44. The van der Waals surface area contributed by atoms with Gasteiger partial charge in [0.05, 0.1) is 11.4 Å². The Bertz CT molecular complexity index is 338. The van der Waals surface area contributed by atoms with Crippen LogP contribution in [0.4, 0.5) is 0 Å². The van der Waals surface area contributed by atoms with Gasteiger partial charge in [0.2, 0.25) is 0 Å². The Morgan fingerprint density at radius 3 is 2.36 bits per heavy atom. The van der Waals surface area contributed by atoms with Crippen molar-refractivity contribution in [3.05, 3.63) is 17.2 Å². The van der Waals surface area contributed by atoms with Crippen LogP contribution in [0.5, 0.6) is 0 Å². The number of aromatic nitrogens is 3. The van der Waals surface area contributed by atoms with Gasteiger partial charge < -0.3 is 5.73 Å². The van der Waals surface area contributed by atoms with Crippen molar-refractivity contribution in [3.63, 3.8) is 0 Å². The van der Waals surface area contributed by atoms with E-state index in [1.807, 2.05) is 13.8 Å². The molecule has 4 heteroatoms. The van der Waals surface area contributed by atoms with Crippen LogP contribution in [0, 0.1) is 13.8 Å². The quantitative estimate of drug-likeness (QED) is 0.755. The molecule has 14 heavy (non-hydrogen) atoms. The van der Waals surface area contributed by atoms with Gasteiger partial charge in [-0.3, -0.25) is 0 Å². The molecule has 4 nitrogen and oxygen atoms in total. The summed E-state index contributed by atoms with van der Waals surface area (Å²) in [5, 5.41) is 8.27. The van der Waals surface area contributed by atoms with E-state index in [-0.39, 0.29) is 5.41 Å². The Balaban J connectivity index is 2.36. The summed E-state index contributed by atoms with van der Waals surface area (Å²) in [7, 11) is 0. The summed E-state index contributed by atoms with van der Waals surface area (Å²) >= 11 is 0. The fourth-order valence-electron chi connectivity index (χ4n) is 1.80. The SMILES string of the molecule is Cc1nnc(C2(CN)CCC2)nc1C. The molecule has 0 radical (unpaired) electrons. The number of rotatable bonds is 2. The molecule has 76 valence electrons. The van der Waals surface area contributed by atoms with Crippen LogP contribution in [-0.2, 0) is 5.41 Å². The number of nitrogens with two attached hydrogens (primary N) is 1. The Hall–Kier alpha value is -1.03. The summed E-state index contributed by atoms with van der Waals surface area (Å²) in [5.41, 5.74) is 7.68. The van der Waals surface area contributed by atoms with Gasteiger partial charge in [-0.1, -0.05) is 6.42 Å². The van der Waals surface area contributed by atoms with Crippen molar-refractivity contribution in [2.24, 2.45) is 5.73 Å². The Labute approximate surface area is 83.9 Å². The highest BCUT2D eigenvalue weighted by atomic mass is 15.2. The molecule has 0 amide bonds. The van der Waals surface area contributed by atoms with Crippen molar-refractivity contribution < 1.29 is 0 Å². The highest BCUT2D eigenvalue weighted by molar-refractivity contribution is 5.16. The second-order valence-corrected chi connectivity index (χ2v) is 4.14. The second-order valence-electron chi connectivity index (χ2n) is 4.14. The highest BCUT2D eigenvalue weighted by Gasteiger charge is 2.40. The van der Waals surface area contributed by atoms with Gasteiger partial charge >= 0.3 is 0 Å². The van der Waals surface area contributed by atoms with Crippen molar-refractivity contribution in [2.45, 2.75) is 38.5 Å². The van der Waals surface area contributed by atoms with Crippen LogP contribution in [-0.4, -0.2) is 21.7 Å². The maximum atomic E-state index is 5.78. The molecule has 2 N–H and O–H groups in total. The lowest BCUT2D eigenvalue weighted by Crippen LogP contribution is -2.43. The predicted molar refractivity (Wildman–Crippen MR) is 53.9 cm³/mol. The molecule has 1 aliphatic rings. The molecule has 1 aromatic rings. The van der Waals surface area contributed by atoms with Gasteiger partial charge in [-0.05, 0) is 26.7 Å². The van der Waals surface area contributed by atoms with Crippen LogP contribution in [0.2, 0.25) is 0 Å². The first-order valence-corrected chi connectivity index (χ1v) is 5.06. The van der Waals surface area contributed by atoms with Gasteiger partial charge in [-0.2, -0.15) is 5.10 Å². The van der Waals surface area contributed by atoms with E-state index in [0.717, 1.165) is 30.1 Å². The molecule has 0 bridgehead atoms. The van der Waals surface area contributed by atoms with Crippen molar-refractivity contribution >= 4 is 0 Å². The van der Waals surface area contributed by atoms with Crippen LogP contribution < -0.4 is 5.73 Å². The number of hydrogen-bond donors (Lipinski definition) is 1. The van der Waals surface area contributed by atoms with E-state index in [9.17, 15) is 0 Å². The second kappa shape index (κ2) is 3.28. The largest absolute Gasteiger partial charge is 0.329 e. The first-order chi connectivity index (χ1) is 6.68. The lowest BCUT2D eigenvalue weighted by atomic mass is 9.68. The first kappa shape index (κ1) is 9.52. The Kier molecular flexibility index (Phi) is 2.23. The summed E-state index contributed by atoms with van der Waals surface area (Å²) in [6.45, 7) is 4.53. The first-order valence-electron chi connectivity index (χ1n) is 5.06. The van der Waals surface area contributed by atoms with E-state index >= 15 is 0 Å². The third-order valence-corrected chi connectivity index (χ3v) is 3.27. The fraction of sp³-hybridized carbons (Fsp3) is 0.700. The van der Waals surface area contributed by atoms with Gasteiger partial charge in [-0.25, -0.2) is 4.98 Å². The van der Waals surface area contributed by atoms with E-state index < -0.39 is 0 Å². The zero-order valence-electron chi connectivity index (χ0n) is 8.75. The molecule has 0 unspecified atom stereocenters. The Morgan fingerprint density at radius 2 is 1.93 bits per heavy atom. The third kappa shape index (κ3) is 1.30. The minimum absolute atomic E-state index is 0.0332. The number of aryl methyl sites for hydroxylation is 2. The van der Waals surface area contributed by atoms with Crippen molar-refractivity contribution in [3.8, 4) is 0 Å². The summed E-state index contributed by atoms with van der Waals surface area (Å²) in [6, 6.07) is 0. The molecule has 0 saturated heterocycles. The fourth-order valence-corrected chi connectivity index (χ4v) is 1.80. The van der Waals surface area contributed by atoms with Gasteiger partial charge in [-0.15, -0.1) is 5.10 Å². The lowest BCUT2D eigenvalue weighted by molar-refractivity contribution is 0.235. The van der Waals surface area contributed by atoms with E-state index in [2.05, 4.69) is 15.2 Å². The zero-order chi connectivity index (χ0) is 10.2. The Morgan fingerprint density at radius 1 is 1.21 bits per heavy atom. The monoisotopic (exact) mass is 192 g/mol. The third-order valence-electron chi connectivity index (χ3n) is 3.27. The molecular weight excluding hydrogens is 176 g/mol. The molecule has 0 spiro atoms. The average Bonchev–Trinajstić information content (AvgIpc) is 2.10. The average molecular weight is 192 g/mol. The minimum Gasteiger partial charge on any atom is -0.329 e. The smallest absolute Gasteiger partial charge is 0.158 e. The van der Waals surface area contributed by atoms with Gasteiger partial charge in [0, 0.05) is 12.0 Å². The lowest BCUT2D eigenvalue weighted by Gasteiger charge is -2.38. The molecule has 1 saturated carbocycles. The van der Waals surface area contributed by atoms with Crippen LogP contribution in [0.3, 0.4) is 0 Å². The molecule has 1 aliphatic carbocycles. The normalized spacial score (nSPS) is 19.1. The van der Waals surface area contributed by atoms with Crippen molar-refractivity contribution in [2.75, 3.05) is 6.54 Å². The standard InChI is InChI=1S/C10H16N4/c1-7-8(2)13-14-9(12-7)10(6-11)4-3-5-10/h3-6,11H2,1-2H3. The summed E-state index contributed by atoms with van der Waals surface area (Å²) < 4.78 is 0. The van der Waals surface area contributed by atoms with Crippen molar-refractivity contribution in [1.29, 1.82) is 0 Å². The highest BCUT2D eigenvalue weighted by Crippen LogP contribution is 2.40. The van der Waals surface area contributed by atoms with Crippen LogP contribution in [0.15, 0.2) is 0 Å². The molecule has 0 aromatic carbocycles. The zero-order valence-corrected chi connectivity index (χ0v) is 8.75. The van der Waals surface area contributed by atoms with Gasteiger partial charge in [0.25, 0.3) is 0 Å². The van der Waals surface area contributed by atoms with Gasteiger partial charge in [0.15, 0.2) is 5.82 Å². The summed E-state index contributed by atoms with van der Waals surface area (Å²) in [4.78, 5) is 4.48. The molecular formula is C10H16N4. The molecule has 0 aliphatic heterocycles. The summed E-state index contributed by atoms with van der Waals surface area (Å²) in [5.74, 6) is 0.842. The molecule has 1 heterocycles. The van der Waals surface area contributed by atoms with Crippen LogP contribution in [0.1, 0.15) is 36.5 Å². The molecule has 2 rings (SSSR count). The topological polar surface area (TPSA) is 64.7 Å². The predicted octanol–water partition coefficient (Wildman–Crippen LogP) is 0.869. The van der Waals surface area contributed by atoms with E-state index in [4.69, 9.17) is 5.73 Å². The molecule has 1 fully saturated rings. The van der Waals surface area contributed by atoms with Gasteiger partial charge in [0.1, 0.15) is 0 Å². The van der Waals surface area contributed by atoms with Crippen LogP contribution >= 0.6 is 0 Å². The van der Waals surface area contributed by atoms with Crippen LogP contribution in [0.25, 0.3) is 0 Å². The van der Waals surface area contributed by atoms with E-state index in [0.29, 0.717) is 6.54 Å². The van der Waals surface area contributed by atoms with E-state index in [1.54, 1.807) is 0 Å². The molecule has 1 aromatic heterocycles.